The number of carbonyl (C=O) groups is 1. The maximum Gasteiger partial charge on any atom is 0.472 e. The van der Waals surface area contributed by atoms with Gasteiger partial charge in [0.1, 0.15) is 13.2 Å². The first-order valence-corrected chi connectivity index (χ1v) is 23.7. The summed E-state index contributed by atoms with van der Waals surface area (Å²) in [6.45, 7) is 4.80. The quantitative estimate of drug-likeness (QED) is 0.0248. The summed E-state index contributed by atoms with van der Waals surface area (Å²) in [5.41, 5.74) is 0. The molecule has 0 saturated heterocycles. The van der Waals surface area contributed by atoms with E-state index in [1.165, 1.54) is 141 Å². The van der Waals surface area contributed by atoms with Crippen LogP contribution in [0.25, 0.3) is 0 Å². The monoisotopic (exact) mass is 772 g/mol. The molecule has 314 valence electrons. The molecule has 53 heavy (non-hydrogen) atoms. The summed E-state index contributed by atoms with van der Waals surface area (Å²) in [4.78, 5) is 23.1. The number of allylic oxidation sites excluding steroid dienone is 3. The van der Waals surface area contributed by atoms with Gasteiger partial charge >= 0.3 is 7.82 Å². The minimum absolute atomic E-state index is 0.0621. The number of aliphatic hydroxyl groups excluding tert-OH is 1. The fourth-order valence-electron chi connectivity index (χ4n) is 6.33. The van der Waals surface area contributed by atoms with Gasteiger partial charge in [0.25, 0.3) is 0 Å². The van der Waals surface area contributed by atoms with Crippen molar-refractivity contribution in [1.82, 2.24) is 5.32 Å². The molecule has 0 saturated carbocycles. The molecule has 0 heterocycles. The predicted molar refractivity (Wildman–Crippen MR) is 226 cm³/mol. The molecule has 0 aliphatic carbocycles. The second kappa shape index (κ2) is 36.6. The molecule has 3 unspecified atom stereocenters. The van der Waals surface area contributed by atoms with Crippen LogP contribution in [-0.2, 0) is 18.4 Å². The number of rotatable bonds is 40. The number of aliphatic hydroxyl groups is 1. The number of amides is 1. The average molecular weight is 772 g/mol. The zero-order chi connectivity index (χ0) is 39.3. The first-order chi connectivity index (χ1) is 25.5. The summed E-state index contributed by atoms with van der Waals surface area (Å²) < 4.78 is 23.5. The number of nitrogens with zero attached hydrogens (tertiary/aromatic N) is 1. The number of carbonyl (C=O) groups excluding carboxylic acids is 1. The lowest BCUT2D eigenvalue weighted by Gasteiger charge is -2.25. The lowest BCUT2D eigenvalue weighted by atomic mass is 10.0. The number of hydrogen-bond donors (Lipinski definition) is 3. The Labute approximate surface area is 328 Å². The number of nitrogens with one attached hydrogen (secondary N) is 1. The summed E-state index contributed by atoms with van der Waals surface area (Å²) in [6.07, 6.45) is 42.4. The molecule has 0 bridgehead atoms. The van der Waals surface area contributed by atoms with E-state index in [1.807, 2.05) is 27.2 Å². The number of phosphoric ester groups is 1. The van der Waals surface area contributed by atoms with Crippen LogP contribution >= 0.6 is 7.82 Å². The van der Waals surface area contributed by atoms with Crippen LogP contribution in [0.2, 0.25) is 0 Å². The fraction of sp³-hybridized carbons (Fsp3) is 0.886. The average Bonchev–Trinajstić information content (AvgIpc) is 3.10. The third kappa shape index (κ3) is 39.0. The summed E-state index contributed by atoms with van der Waals surface area (Å²) >= 11 is 0. The molecule has 0 fully saturated rings. The molecule has 3 N–H and O–H groups in total. The van der Waals surface area contributed by atoms with Crippen molar-refractivity contribution < 1.29 is 32.9 Å². The topological polar surface area (TPSA) is 105 Å². The Morgan fingerprint density at radius 1 is 0.623 bits per heavy atom. The number of likely N-dealkylation sites (N-methyl/N-ethyl adjacent to an activating group) is 1. The van der Waals surface area contributed by atoms with E-state index in [4.69, 9.17) is 9.05 Å². The normalized spacial score (nSPS) is 14.6. The van der Waals surface area contributed by atoms with E-state index in [0.29, 0.717) is 17.4 Å². The standard InChI is InChI=1S/C44H87N2O6P/c1-6-8-10-12-14-16-18-20-21-22-23-24-25-26-28-30-32-34-36-38-44(48)45-42(41-52-53(49,50)51-40-39-46(3,4)5)43(47)37-35-33-31-29-27-19-17-15-13-11-9-7-2/h20-21,35,37,42-43,47H,6-19,22-34,36,38-41H2,1-5H3,(H-,45,48,49,50)/p+1/b21-20-,37-35+. The number of quaternary nitrogens is 1. The molecule has 8 nitrogen and oxygen atoms in total. The van der Waals surface area contributed by atoms with Crippen molar-refractivity contribution in [2.45, 2.75) is 212 Å². The van der Waals surface area contributed by atoms with Gasteiger partial charge in [0.05, 0.1) is 39.9 Å². The summed E-state index contributed by atoms with van der Waals surface area (Å²) in [5.74, 6) is -0.180. The van der Waals surface area contributed by atoms with Gasteiger partial charge in [-0.25, -0.2) is 4.57 Å². The van der Waals surface area contributed by atoms with E-state index < -0.39 is 20.0 Å². The minimum Gasteiger partial charge on any atom is -0.387 e. The molecule has 0 aliphatic rings. The molecule has 9 heteroatoms. The van der Waals surface area contributed by atoms with Crippen LogP contribution in [0.4, 0.5) is 0 Å². The van der Waals surface area contributed by atoms with Gasteiger partial charge in [-0.3, -0.25) is 13.8 Å². The van der Waals surface area contributed by atoms with E-state index in [9.17, 15) is 19.4 Å². The molecule has 0 aliphatic heterocycles. The summed E-state index contributed by atoms with van der Waals surface area (Å²) in [5, 5.41) is 13.8. The third-order valence-corrected chi connectivity index (χ3v) is 10.9. The highest BCUT2D eigenvalue weighted by atomic mass is 31.2. The van der Waals surface area contributed by atoms with E-state index in [0.717, 1.165) is 38.5 Å². The highest BCUT2D eigenvalue weighted by Gasteiger charge is 2.27. The number of hydrogen-bond acceptors (Lipinski definition) is 5. The Morgan fingerprint density at radius 2 is 1.02 bits per heavy atom. The second-order valence-corrected chi connectivity index (χ2v) is 17.9. The number of unbranched alkanes of at least 4 members (excludes halogenated alkanes) is 25. The Bertz CT molecular complexity index is 922. The van der Waals surface area contributed by atoms with Gasteiger partial charge in [0, 0.05) is 6.42 Å². The highest BCUT2D eigenvalue weighted by Crippen LogP contribution is 2.43. The molecule has 0 aromatic rings. The van der Waals surface area contributed by atoms with E-state index in [-0.39, 0.29) is 19.1 Å². The van der Waals surface area contributed by atoms with Crippen molar-refractivity contribution in [3.63, 3.8) is 0 Å². The zero-order valence-corrected chi connectivity index (χ0v) is 36.4. The predicted octanol–water partition coefficient (Wildman–Crippen LogP) is 12.1. The lowest BCUT2D eigenvalue weighted by molar-refractivity contribution is -0.870. The van der Waals surface area contributed by atoms with Crippen LogP contribution in [0.1, 0.15) is 200 Å². The van der Waals surface area contributed by atoms with Crippen LogP contribution in [0.15, 0.2) is 24.3 Å². The molecule has 0 spiro atoms. The van der Waals surface area contributed by atoms with Crippen molar-refractivity contribution in [3.05, 3.63) is 24.3 Å². The van der Waals surface area contributed by atoms with Gasteiger partial charge in [-0.15, -0.1) is 0 Å². The van der Waals surface area contributed by atoms with Crippen LogP contribution in [0.5, 0.6) is 0 Å². The van der Waals surface area contributed by atoms with Crippen molar-refractivity contribution in [2.24, 2.45) is 0 Å². The van der Waals surface area contributed by atoms with Crippen LogP contribution in [0, 0.1) is 0 Å². The largest absolute Gasteiger partial charge is 0.472 e. The van der Waals surface area contributed by atoms with Crippen molar-refractivity contribution in [3.8, 4) is 0 Å². The molecule has 0 radical (unpaired) electrons. The lowest BCUT2D eigenvalue weighted by Crippen LogP contribution is -2.45. The second-order valence-electron chi connectivity index (χ2n) is 16.4. The van der Waals surface area contributed by atoms with Crippen molar-refractivity contribution in [2.75, 3.05) is 40.9 Å². The Morgan fingerprint density at radius 3 is 1.45 bits per heavy atom. The van der Waals surface area contributed by atoms with Gasteiger partial charge in [-0.2, -0.15) is 0 Å². The summed E-state index contributed by atoms with van der Waals surface area (Å²) in [6, 6.07) is -0.843. The van der Waals surface area contributed by atoms with Gasteiger partial charge < -0.3 is 19.8 Å². The molecule has 1 amide bonds. The van der Waals surface area contributed by atoms with Crippen molar-refractivity contribution in [1.29, 1.82) is 0 Å². The summed E-state index contributed by atoms with van der Waals surface area (Å²) in [7, 11) is 1.57. The SMILES string of the molecule is CCCCCCCC/C=C\CCCCCCCCCCCC(=O)NC(COP(=O)(O)OCC[N+](C)(C)C)C(O)/C=C/CCCCCCCCCCCC. The molecular weight excluding hydrogens is 683 g/mol. The Balaban J connectivity index is 4.36. The van der Waals surface area contributed by atoms with Gasteiger partial charge in [0.15, 0.2) is 0 Å². The molecule has 3 atom stereocenters. The van der Waals surface area contributed by atoms with Crippen LogP contribution in [0.3, 0.4) is 0 Å². The van der Waals surface area contributed by atoms with E-state index >= 15 is 0 Å². The van der Waals surface area contributed by atoms with Gasteiger partial charge in [0.2, 0.25) is 5.91 Å². The molecule has 0 aromatic heterocycles. The van der Waals surface area contributed by atoms with Crippen LogP contribution < -0.4 is 5.32 Å². The van der Waals surface area contributed by atoms with Gasteiger partial charge in [-0.05, 0) is 44.9 Å². The molecular formula is C44H88N2O6P+. The zero-order valence-electron chi connectivity index (χ0n) is 35.5. The molecule has 0 rings (SSSR count). The first-order valence-electron chi connectivity index (χ1n) is 22.2. The van der Waals surface area contributed by atoms with Crippen LogP contribution in [-0.4, -0.2) is 73.4 Å². The number of phosphoric acid groups is 1. The van der Waals surface area contributed by atoms with E-state index in [1.54, 1.807) is 6.08 Å². The first kappa shape index (κ1) is 52.0. The minimum atomic E-state index is -4.33. The fourth-order valence-corrected chi connectivity index (χ4v) is 7.07. The van der Waals surface area contributed by atoms with Gasteiger partial charge in [-0.1, -0.05) is 173 Å². The van der Waals surface area contributed by atoms with Crippen molar-refractivity contribution >= 4 is 13.7 Å². The maximum absolute atomic E-state index is 12.9. The van der Waals surface area contributed by atoms with E-state index in [2.05, 4.69) is 31.3 Å². The maximum atomic E-state index is 12.9. The third-order valence-electron chi connectivity index (χ3n) is 9.92. The highest BCUT2D eigenvalue weighted by molar-refractivity contribution is 7.47. The molecule has 0 aromatic carbocycles. The smallest absolute Gasteiger partial charge is 0.387 e. The Kier molecular flexibility index (Phi) is 35.9. The Hall–Kier alpha value is -1.02.